The second-order valence-electron chi connectivity index (χ2n) is 8.03. The van der Waals surface area contributed by atoms with E-state index in [0.717, 1.165) is 35.3 Å². The number of urea groups is 1. The van der Waals surface area contributed by atoms with E-state index in [2.05, 4.69) is 17.6 Å². The van der Waals surface area contributed by atoms with Gasteiger partial charge in [0.2, 0.25) is 5.91 Å². The van der Waals surface area contributed by atoms with Crippen molar-refractivity contribution >= 4 is 17.8 Å². The molecule has 0 aromatic heterocycles. The maximum absolute atomic E-state index is 12.9. The standard InChI is InChI=1S/C21H29N3O3/c1-4-17(16-7-5-14(2)6-8-16)22-18(25)13-24-19(26)21(23-20(24)27)11-9-15(3)10-12-21/h5-8,15,17H,4,9-13H2,1-3H3,(H,22,25)(H,23,27). The number of aryl methyl sites for hydroxylation is 1. The summed E-state index contributed by atoms with van der Waals surface area (Å²) in [7, 11) is 0. The smallest absolute Gasteiger partial charge is 0.325 e. The molecule has 0 bridgehead atoms. The van der Waals surface area contributed by atoms with Gasteiger partial charge >= 0.3 is 6.03 Å². The Morgan fingerprint density at radius 3 is 2.48 bits per heavy atom. The molecule has 1 aliphatic heterocycles. The average Bonchev–Trinajstić information content (AvgIpc) is 2.87. The second-order valence-corrected chi connectivity index (χ2v) is 8.03. The topological polar surface area (TPSA) is 78.5 Å². The van der Waals surface area contributed by atoms with E-state index in [0.29, 0.717) is 18.8 Å². The molecule has 27 heavy (non-hydrogen) atoms. The van der Waals surface area contributed by atoms with Gasteiger partial charge < -0.3 is 10.6 Å². The van der Waals surface area contributed by atoms with Crippen LogP contribution in [0.2, 0.25) is 0 Å². The maximum Gasteiger partial charge on any atom is 0.325 e. The van der Waals surface area contributed by atoms with E-state index in [-0.39, 0.29) is 24.4 Å². The summed E-state index contributed by atoms with van der Waals surface area (Å²) in [4.78, 5) is 38.8. The lowest BCUT2D eigenvalue weighted by molar-refractivity contribution is -0.136. The number of amides is 4. The summed E-state index contributed by atoms with van der Waals surface area (Å²) in [6.45, 7) is 5.94. The Balaban J connectivity index is 1.64. The van der Waals surface area contributed by atoms with Crippen LogP contribution in [0.3, 0.4) is 0 Å². The van der Waals surface area contributed by atoms with Crippen molar-refractivity contribution in [3.05, 3.63) is 35.4 Å². The Morgan fingerprint density at radius 1 is 1.26 bits per heavy atom. The van der Waals surface area contributed by atoms with Crippen LogP contribution in [0.5, 0.6) is 0 Å². The molecule has 1 unspecified atom stereocenters. The molecule has 146 valence electrons. The highest BCUT2D eigenvalue weighted by atomic mass is 16.2. The zero-order valence-corrected chi connectivity index (χ0v) is 16.4. The number of rotatable bonds is 5. The van der Waals surface area contributed by atoms with Gasteiger partial charge in [0.25, 0.3) is 5.91 Å². The number of hydrogen-bond donors (Lipinski definition) is 2. The van der Waals surface area contributed by atoms with Crippen molar-refractivity contribution in [1.82, 2.24) is 15.5 Å². The molecule has 6 heteroatoms. The van der Waals surface area contributed by atoms with Crippen LogP contribution in [0.4, 0.5) is 4.79 Å². The summed E-state index contributed by atoms with van der Waals surface area (Å²) < 4.78 is 0. The second kappa shape index (κ2) is 7.71. The van der Waals surface area contributed by atoms with Gasteiger partial charge in [0.05, 0.1) is 6.04 Å². The van der Waals surface area contributed by atoms with Crippen LogP contribution in [0.25, 0.3) is 0 Å². The first kappa shape index (κ1) is 19.4. The quantitative estimate of drug-likeness (QED) is 0.781. The lowest BCUT2D eigenvalue weighted by atomic mass is 9.77. The number of carbonyl (C=O) groups excluding carboxylic acids is 3. The highest BCUT2D eigenvalue weighted by Gasteiger charge is 2.52. The molecule has 2 N–H and O–H groups in total. The van der Waals surface area contributed by atoms with E-state index in [1.54, 1.807) is 0 Å². The van der Waals surface area contributed by atoms with E-state index in [1.165, 1.54) is 0 Å². The average molecular weight is 371 g/mol. The molecule has 1 atom stereocenters. The Morgan fingerprint density at radius 2 is 1.89 bits per heavy atom. The summed E-state index contributed by atoms with van der Waals surface area (Å²) in [6, 6.07) is 7.42. The molecule has 1 aromatic carbocycles. The summed E-state index contributed by atoms with van der Waals surface area (Å²) in [5.41, 5.74) is 1.38. The molecule has 6 nitrogen and oxygen atoms in total. The number of nitrogens with one attached hydrogen (secondary N) is 2. The van der Waals surface area contributed by atoms with Gasteiger partial charge in [0.1, 0.15) is 12.1 Å². The largest absolute Gasteiger partial charge is 0.348 e. The fraction of sp³-hybridized carbons (Fsp3) is 0.571. The zero-order valence-electron chi connectivity index (χ0n) is 16.4. The van der Waals surface area contributed by atoms with Crippen molar-refractivity contribution in [1.29, 1.82) is 0 Å². The number of nitrogens with zero attached hydrogens (tertiary/aromatic N) is 1. The first-order chi connectivity index (χ1) is 12.8. The lowest BCUT2D eigenvalue weighted by Gasteiger charge is -2.33. The molecular formula is C21H29N3O3. The SMILES string of the molecule is CCC(NC(=O)CN1C(=O)NC2(CCC(C)CC2)C1=O)c1ccc(C)cc1. The van der Waals surface area contributed by atoms with Crippen molar-refractivity contribution < 1.29 is 14.4 Å². The Kier molecular flexibility index (Phi) is 5.53. The van der Waals surface area contributed by atoms with Crippen LogP contribution in [-0.4, -0.2) is 34.8 Å². The van der Waals surface area contributed by atoms with Gasteiger partial charge in [0, 0.05) is 0 Å². The van der Waals surface area contributed by atoms with Crippen molar-refractivity contribution in [3.63, 3.8) is 0 Å². The third-order valence-corrected chi connectivity index (χ3v) is 5.90. The Hall–Kier alpha value is -2.37. The van der Waals surface area contributed by atoms with E-state index in [1.807, 2.05) is 38.1 Å². The molecule has 1 saturated carbocycles. The number of hydrogen-bond acceptors (Lipinski definition) is 3. The van der Waals surface area contributed by atoms with Crippen LogP contribution in [0, 0.1) is 12.8 Å². The van der Waals surface area contributed by atoms with Gasteiger partial charge in [-0.1, -0.05) is 43.7 Å². The molecule has 0 radical (unpaired) electrons. The van der Waals surface area contributed by atoms with Crippen molar-refractivity contribution in [2.75, 3.05) is 6.54 Å². The van der Waals surface area contributed by atoms with E-state index in [9.17, 15) is 14.4 Å². The fourth-order valence-electron chi connectivity index (χ4n) is 4.02. The predicted octanol–water partition coefficient (Wildman–Crippen LogP) is 3.06. The number of benzene rings is 1. The summed E-state index contributed by atoms with van der Waals surface area (Å²) >= 11 is 0. The Labute approximate surface area is 160 Å². The van der Waals surface area contributed by atoms with Crippen LogP contribution in [0.15, 0.2) is 24.3 Å². The van der Waals surface area contributed by atoms with Crippen LogP contribution >= 0.6 is 0 Å². The summed E-state index contributed by atoms with van der Waals surface area (Å²) in [6.07, 6.45) is 3.86. The molecular weight excluding hydrogens is 342 g/mol. The molecule has 4 amide bonds. The van der Waals surface area contributed by atoms with Crippen molar-refractivity contribution in [3.8, 4) is 0 Å². The molecule has 1 aliphatic carbocycles. The molecule has 2 fully saturated rings. The number of carbonyl (C=O) groups is 3. The van der Waals surface area contributed by atoms with Crippen LogP contribution < -0.4 is 10.6 Å². The van der Waals surface area contributed by atoms with Crippen LogP contribution in [0.1, 0.15) is 63.1 Å². The van der Waals surface area contributed by atoms with Gasteiger partial charge in [-0.3, -0.25) is 14.5 Å². The third kappa shape index (κ3) is 3.99. The number of imide groups is 1. The van der Waals surface area contributed by atoms with E-state index < -0.39 is 11.6 Å². The van der Waals surface area contributed by atoms with Gasteiger partial charge in [-0.15, -0.1) is 0 Å². The van der Waals surface area contributed by atoms with Crippen LogP contribution in [-0.2, 0) is 9.59 Å². The molecule has 1 saturated heterocycles. The minimum absolute atomic E-state index is 0.136. The Bertz CT molecular complexity index is 721. The van der Waals surface area contributed by atoms with E-state index >= 15 is 0 Å². The molecule has 2 aliphatic rings. The lowest BCUT2D eigenvalue weighted by Crippen LogP contribution is -2.50. The summed E-state index contributed by atoms with van der Waals surface area (Å²) in [5.74, 6) is 0.00239. The minimum Gasteiger partial charge on any atom is -0.348 e. The third-order valence-electron chi connectivity index (χ3n) is 5.90. The molecule has 3 rings (SSSR count). The first-order valence-corrected chi connectivity index (χ1v) is 9.84. The zero-order chi connectivity index (χ0) is 19.6. The summed E-state index contributed by atoms with van der Waals surface area (Å²) in [5, 5.41) is 5.81. The molecule has 1 aromatic rings. The molecule has 1 heterocycles. The van der Waals surface area contributed by atoms with Crippen molar-refractivity contribution in [2.24, 2.45) is 5.92 Å². The van der Waals surface area contributed by atoms with Gasteiger partial charge in [0.15, 0.2) is 0 Å². The maximum atomic E-state index is 12.9. The van der Waals surface area contributed by atoms with Gasteiger partial charge in [-0.05, 0) is 50.5 Å². The van der Waals surface area contributed by atoms with Gasteiger partial charge in [-0.25, -0.2) is 4.79 Å². The first-order valence-electron chi connectivity index (χ1n) is 9.84. The molecule has 1 spiro atoms. The highest BCUT2D eigenvalue weighted by molar-refractivity contribution is 6.09. The fourth-order valence-corrected chi connectivity index (χ4v) is 4.02. The van der Waals surface area contributed by atoms with Crippen molar-refractivity contribution in [2.45, 2.75) is 64.5 Å². The van der Waals surface area contributed by atoms with E-state index in [4.69, 9.17) is 0 Å². The predicted molar refractivity (Wildman–Crippen MR) is 103 cm³/mol. The normalized spacial score (nSPS) is 26.2. The minimum atomic E-state index is -0.801. The highest BCUT2D eigenvalue weighted by Crippen LogP contribution is 2.36. The monoisotopic (exact) mass is 371 g/mol. The van der Waals surface area contributed by atoms with Gasteiger partial charge in [-0.2, -0.15) is 0 Å².